The van der Waals surface area contributed by atoms with Gasteiger partial charge in [-0.2, -0.15) is 5.10 Å². The summed E-state index contributed by atoms with van der Waals surface area (Å²) in [5.74, 6) is -0.170. The highest BCUT2D eigenvalue weighted by atomic mass is 16.2. The van der Waals surface area contributed by atoms with Crippen molar-refractivity contribution in [3.63, 3.8) is 0 Å². The molecule has 0 unspecified atom stereocenters. The lowest BCUT2D eigenvalue weighted by Crippen LogP contribution is -2.17. The normalized spacial score (nSPS) is 11.3. The summed E-state index contributed by atoms with van der Waals surface area (Å²) in [7, 11) is 0. The maximum atomic E-state index is 12.1. The van der Waals surface area contributed by atoms with Crippen LogP contribution < -0.4 is 5.43 Å². The van der Waals surface area contributed by atoms with E-state index in [1.54, 1.807) is 12.4 Å². The number of benzene rings is 1. The number of H-pyrrole nitrogens is 1. The van der Waals surface area contributed by atoms with Crippen LogP contribution in [0.25, 0.3) is 10.9 Å². The van der Waals surface area contributed by atoms with E-state index in [-0.39, 0.29) is 5.91 Å². The van der Waals surface area contributed by atoms with E-state index < -0.39 is 0 Å². The van der Waals surface area contributed by atoms with Gasteiger partial charge in [-0.25, -0.2) is 5.43 Å². The highest BCUT2D eigenvalue weighted by Gasteiger charge is 2.10. The molecule has 4 heteroatoms. The first-order chi connectivity index (χ1) is 10.8. The number of carbonyl (C=O) groups is 1. The fourth-order valence-corrected chi connectivity index (χ4v) is 2.50. The molecule has 0 aliphatic rings. The molecule has 1 aromatic heterocycles. The third-order valence-corrected chi connectivity index (χ3v) is 3.78. The van der Waals surface area contributed by atoms with Crippen molar-refractivity contribution in [1.29, 1.82) is 0 Å². The third-order valence-electron chi connectivity index (χ3n) is 3.78. The number of carbonyl (C=O) groups excluding carboxylic acids is 1. The molecule has 0 aliphatic heterocycles. The number of aromatic amines is 1. The largest absolute Gasteiger partial charge is 0.360 e. The standard InChI is InChI=1S/C18H25N3O/c1-2-3-4-5-6-7-10-13-20-21-18(22)16-14-19-17-12-9-8-11-15(16)17/h8-9,11-14,19H,2-7,10H2,1H3,(H,21,22)/b20-13-. The molecular weight excluding hydrogens is 274 g/mol. The van der Waals surface area contributed by atoms with Gasteiger partial charge in [0.15, 0.2) is 0 Å². The average molecular weight is 299 g/mol. The number of hydrogen-bond donors (Lipinski definition) is 2. The van der Waals surface area contributed by atoms with Crippen molar-refractivity contribution in [3.05, 3.63) is 36.0 Å². The van der Waals surface area contributed by atoms with Crippen LogP contribution in [0.1, 0.15) is 62.2 Å². The van der Waals surface area contributed by atoms with Crippen molar-refractivity contribution in [3.8, 4) is 0 Å². The van der Waals surface area contributed by atoms with Gasteiger partial charge in [-0.05, 0) is 18.9 Å². The van der Waals surface area contributed by atoms with Gasteiger partial charge in [0, 0.05) is 23.3 Å². The van der Waals surface area contributed by atoms with Crippen LogP contribution in [0.2, 0.25) is 0 Å². The van der Waals surface area contributed by atoms with Gasteiger partial charge in [-0.3, -0.25) is 4.79 Å². The molecule has 0 aliphatic carbocycles. The first kappa shape index (κ1) is 16.3. The molecule has 0 fully saturated rings. The SMILES string of the molecule is CCCCCCCC/C=N\NC(=O)c1c[nH]c2ccccc12. The van der Waals surface area contributed by atoms with Crippen molar-refractivity contribution in [1.82, 2.24) is 10.4 Å². The van der Waals surface area contributed by atoms with Crippen LogP contribution in [0.3, 0.4) is 0 Å². The Morgan fingerprint density at radius 1 is 1.18 bits per heavy atom. The summed E-state index contributed by atoms with van der Waals surface area (Å²) in [6, 6.07) is 7.75. The minimum absolute atomic E-state index is 0.170. The summed E-state index contributed by atoms with van der Waals surface area (Å²) in [6.07, 6.45) is 12.0. The van der Waals surface area contributed by atoms with E-state index in [1.165, 1.54) is 32.1 Å². The average Bonchev–Trinajstić information content (AvgIpc) is 2.97. The van der Waals surface area contributed by atoms with E-state index in [0.29, 0.717) is 5.56 Å². The Kier molecular flexibility index (Phi) is 6.68. The second-order valence-corrected chi connectivity index (χ2v) is 5.56. The molecule has 0 atom stereocenters. The van der Waals surface area contributed by atoms with E-state index in [2.05, 4.69) is 22.4 Å². The van der Waals surface area contributed by atoms with Crippen molar-refractivity contribution >= 4 is 23.0 Å². The number of hydrogen-bond acceptors (Lipinski definition) is 2. The van der Waals surface area contributed by atoms with Crippen LogP contribution in [-0.4, -0.2) is 17.1 Å². The van der Waals surface area contributed by atoms with Crippen molar-refractivity contribution in [2.45, 2.75) is 51.9 Å². The molecule has 0 bridgehead atoms. The highest BCUT2D eigenvalue weighted by molar-refractivity contribution is 6.06. The van der Waals surface area contributed by atoms with Gasteiger partial charge in [-0.1, -0.05) is 57.2 Å². The summed E-state index contributed by atoms with van der Waals surface area (Å²) >= 11 is 0. The van der Waals surface area contributed by atoms with E-state index in [4.69, 9.17) is 0 Å². The van der Waals surface area contributed by atoms with Gasteiger partial charge in [0.25, 0.3) is 5.91 Å². The number of nitrogens with one attached hydrogen (secondary N) is 2. The van der Waals surface area contributed by atoms with Crippen molar-refractivity contribution < 1.29 is 4.79 Å². The monoisotopic (exact) mass is 299 g/mol. The third kappa shape index (κ3) is 4.72. The van der Waals surface area contributed by atoms with Crippen molar-refractivity contribution in [2.24, 2.45) is 5.10 Å². The fourth-order valence-electron chi connectivity index (χ4n) is 2.50. The fraction of sp³-hybridized carbons (Fsp3) is 0.444. The van der Waals surface area contributed by atoms with Crippen LogP contribution >= 0.6 is 0 Å². The predicted octanol–water partition coefficient (Wildman–Crippen LogP) is 4.63. The Balaban J connectivity index is 1.70. The number of aromatic nitrogens is 1. The van der Waals surface area contributed by atoms with Crippen LogP contribution in [0.4, 0.5) is 0 Å². The van der Waals surface area contributed by atoms with Crippen LogP contribution in [0.5, 0.6) is 0 Å². The Bertz CT molecular complexity index is 616. The summed E-state index contributed by atoms with van der Waals surface area (Å²) in [5, 5.41) is 4.95. The minimum Gasteiger partial charge on any atom is -0.360 e. The molecule has 1 heterocycles. The number of amides is 1. The molecular formula is C18H25N3O. The molecule has 1 aromatic carbocycles. The van der Waals surface area contributed by atoms with Crippen LogP contribution in [0.15, 0.2) is 35.6 Å². The smallest absolute Gasteiger partial charge is 0.273 e. The molecule has 2 rings (SSSR count). The van der Waals surface area contributed by atoms with Gasteiger partial charge in [0.2, 0.25) is 0 Å². The number of fused-ring (bicyclic) bond motifs is 1. The molecule has 0 saturated carbocycles. The number of unbranched alkanes of at least 4 members (excludes halogenated alkanes) is 6. The van der Waals surface area contributed by atoms with Gasteiger partial charge in [0.05, 0.1) is 5.56 Å². The molecule has 0 saturated heterocycles. The summed E-state index contributed by atoms with van der Waals surface area (Å²) < 4.78 is 0. The predicted molar refractivity (Wildman–Crippen MR) is 92.2 cm³/mol. The molecule has 2 aromatic rings. The second kappa shape index (κ2) is 9.03. The summed E-state index contributed by atoms with van der Waals surface area (Å²) in [4.78, 5) is 15.2. The molecule has 2 N–H and O–H groups in total. The lowest BCUT2D eigenvalue weighted by Gasteiger charge is -1.99. The number of hydrazone groups is 1. The zero-order chi connectivity index (χ0) is 15.6. The van der Waals surface area contributed by atoms with Gasteiger partial charge >= 0.3 is 0 Å². The Labute approximate surface area is 132 Å². The number of nitrogens with zero attached hydrogens (tertiary/aromatic N) is 1. The molecule has 0 radical (unpaired) electrons. The zero-order valence-corrected chi connectivity index (χ0v) is 13.3. The molecule has 0 spiro atoms. The topological polar surface area (TPSA) is 57.2 Å². The molecule has 118 valence electrons. The molecule has 1 amide bonds. The maximum Gasteiger partial charge on any atom is 0.273 e. The summed E-state index contributed by atoms with van der Waals surface area (Å²) in [6.45, 7) is 2.23. The lowest BCUT2D eigenvalue weighted by molar-refractivity contribution is 0.0956. The van der Waals surface area contributed by atoms with E-state index in [9.17, 15) is 4.79 Å². The Morgan fingerprint density at radius 3 is 2.82 bits per heavy atom. The van der Waals surface area contributed by atoms with E-state index in [1.807, 2.05) is 24.3 Å². The molecule has 4 nitrogen and oxygen atoms in total. The van der Waals surface area contributed by atoms with E-state index >= 15 is 0 Å². The summed E-state index contributed by atoms with van der Waals surface area (Å²) in [5.41, 5.74) is 4.19. The first-order valence-electron chi connectivity index (χ1n) is 8.21. The quantitative estimate of drug-likeness (QED) is 0.396. The van der Waals surface area contributed by atoms with Crippen LogP contribution in [-0.2, 0) is 0 Å². The number of rotatable bonds is 9. The molecule has 22 heavy (non-hydrogen) atoms. The van der Waals surface area contributed by atoms with Crippen LogP contribution in [0, 0.1) is 0 Å². The van der Waals surface area contributed by atoms with Gasteiger partial charge in [-0.15, -0.1) is 0 Å². The maximum absolute atomic E-state index is 12.1. The van der Waals surface area contributed by atoms with E-state index in [0.717, 1.165) is 23.7 Å². The van der Waals surface area contributed by atoms with Gasteiger partial charge < -0.3 is 4.98 Å². The number of para-hydroxylation sites is 1. The van der Waals surface area contributed by atoms with Crippen molar-refractivity contribution in [2.75, 3.05) is 0 Å². The lowest BCUT2D eigenvalue weighted by atomic mass is 10.1. The van der Waals surface area contributed by atoms with Gasteiger partial charge in [0.1, 0.15) is 0 Å². The second-order valence-electron chi connectivity index (χ2n) is 5.56. The Morgan fingerprint density at radius 2 is 1.95 bits per heavy atom. The first-order valence-corrected chi connectivity index (χ1v) is 8.21. The Hall–Kier alpha value is -2.10. The highest BCUT2D eigenvalue weighted by Crippen LogP contribution is 2.17. The minimum atomic E-state index is -0.170. The zero-order valence-electron chi connectivity index (χ0n) is 13.3.